The molecule has 1 fully saturated rings. The molecule has 2 amide bonds. The molecule has 2 atom stereocenters. The molecule has 1 saturated carbocycles. The van der Waals surface area contributed by atoms with Crippen LogP contribution >= 0.6 is 0 Å². The van der Waals surface area contributed by atoms with E-state index in [-0.39, 0.29) is 23.8 Å². The Hall–Kier alpha value is -2.57. The van der Waals surface area contributed by atoms with Gasteiger partial charge in [0.2, 0.25) is 5.91 Å². The summed E-state index contributed by atoms with van der Waals surface area (Å²) < 4.78 is 7.06. The number of nitrogens with one attached hydrogen (secondary N) is 1. The van der Waals surface area contributed by atoms with Crippen LogP contribution in [0.1, 0.15) is 48.1 Å². The van der Waals surface area contributed by atoms with Gasteiger partial charge in [0.15, 0.2) is 5.76 Å². The second-order valence-corrected chi connectivity index (χ2v) is 7.02. The van der Waals surface area contributed by atoms with Gasteiger partial charge in [0.1, 0.15) is 5.69 Å². The minimum Gasteiger partial charge on any atom is -0.359 e. The number of rotatable bonds is 6. The first kappa shape index (κ1) is 18.2. The number of aryl methyl sites for hydroxylation is 2. The second kappa shape index (κ2) is 7.76. The summed E-state index contributed by atoms with van der Waals surface area (Å²) in [6.45, 7) is 2.43. The molecule has 0 aromatic carbocycles. The molecule has 2 aromatic heterocycles. The largest absolute Gasteiger partial charge is 0.359 e. The maximum Gasteiger partial charge on any atom is 0.268 e. The Bertz CT molecular complexity index is 779. The summed E-state index contributed by atoms with van der Waals surface area (Å²) in [5.74, 6) is 0.643. The predicted octanol–water partition coefficient (Wildman–Crippen LogP) is 2.13. The minimum atomic E-state index is -0.0855. The number of carbonyl (C=O) groups is 2. The van der Waals surface area contributed by atoms with Crippen molar-refractivity contribution in [1.29, 1.82) is 0 Å². The number of nitrogens with zero attached hydrogens (tertiary/aromatic N) is 3. The van der Waals surface area contributed by atoms with Crippen molar-refractivity contribution in [3.63, 3.8) is 0 Å². The molecule has 1 aliphatic carbocycles. The van der Waals surface area contributed by atoms with Crippen LogP contribution < -0.4 is 5.32 Å². The number of aromatic nitrogens is 2. The molecule has 2 aromatic rings. The molecule has 0 saturated heterocycles. The van der Waals surface area contributed by atoms with Crippen molar-refractivity contribution in [3.8, 4) is 0 Å². The standard InChI is InChI=1S/C19H26N4O3/c1-4-14-11-16(26-21-14)12-23(3)19(25)13-7-8-15(10-13)20-18(24)17-6-5-9-22(17)2/h5-6,9,11,13,15H,4,7-8,10,12H2,1-3H3,(H,20,24)/t13-,15+/m0/s1. The molecule has 7 nitrogen and oxygen atoms in total. The second-order valence-electron chi connectivity index (χ2n) is 7.02. The van der Waals surface area contributed by atoms with Gasteiger partial charge in [0, 0.05) is 38.3 Å². The molecule has 2 heterocycles. The average molecular weight is 358 g/mol. The monoisotopic (exact) mass is 358 g/mol. The summed E-state index contributed by atoms with van der Waals surface area (Å²) in [7, 11) is 3.63. The van der Waals surface area contributed by atoms with Crippen molar-refractivity contribution in [1.82, 2.24) is 19.9 Å². The predicted molar refractivity (Wildman–Crippen MR) is 96.4 cm³/mol. The third kappa shape index (κ3) is 3.98. The highest BCUT2D eigenvalue weighted by molar-refractivity contribution is 5.93. The van der Waals surface area contributed by atoms with E-state index in [1.54, 1.807) is 22.6 Å². The number of amides is 2. The van der Waals surface area contributed by atoms with Crippen LogP contribution in [0.15, 0.2) is 28.9 Å². The van der Waals surface area contributed by atoms with E-state index in [2.05, 4.69) is 10.5 Å². The van der Waals surface area contributed by atoms with Gasteiger partial charge in [-0.2, -0.15) is 0 Å². The molecule has 0 radical (unpaired) electrons. The molecule has 1 aliphatic rings. The Morgan fingerprint density at radius 1 is 1.42 bits per heavy atom. The zero-order valence-corrected chi connectivity index (χ0v) is 15.6. The van der Waals surface area contributed by atoms with Crippen LogP contribution in [0.5, 0.6) is 0 Å². The molecule has 0 aliphatic heterocycles. The van der Waals surface area contributed by atoms with E-state index in [4.69, 9.17) is 4.52 Å². The highest BCUT2D eigenvalue weighted by atomic mass is 16.5. The van der Waals surface area contributed by atoms with Crippen LogP contribution in [0.2, 0.25) is 0 Å². The highest BCUT2D eigenvalue weighted by Crippen LogP contribution is 2.28. The maximum atomic E-state index is 12.7. The molecule has 140 valence electrons. The van der Waals surface area contributed by atoms with Crippen molar-refractivity contribution < 1.29 is 14.1 Å². The third-order valence-electron chi connectivity index (χ3n) is 5.03. The first-order valence-corrected chi connectivity index (χ1v) is 9.09. The molecule has 0 spiro atoms. The Morgan fingerprint density at radius 3 is 2.88 bits per heavy atom. The molecule has 7 heteroatoms. The van der Waals surface area contributed by atoms with Gasteiger partial charge in [0.05, 0.1) is 12.2 Å². The summed E-state index contributed by atoms with van der Waals surface area (Å²) in [6, 6.07) is 5.57. The Morgan fingerprint density at radius 2 is 2.23 bits per heavy atom. The minimum absolute atomic E-state index is 0.0386. The lowest BCUT2D eigenvalue weighted by atomic mass is 10.1. The molecule has 0 bridgehead atoms. The number of hydrogen-bond donors (Lipinski definition) is 1. The van der Waals surface area contributed by atoms with Gasteiger partial charge in [-0.15, -0.1) is 0 Å². The van der Waals surface area contributed by atoms with E-state index >= 15 is 0 Å². The Balaban J connectivity index is 1.51. The summed E-state index contributed by atoms with van der Waals surface area (Å²) in [5.41, 5.74) is 1.53. The molecular weight excluding hydrogens is 332 g/mol. The van der Waals surface area contributed by atoms with E-state index in [1.165, 1.54) is 0 Å². The lowest BCUT2D eigenvalue weighted by Crippen LogP contribution is -2.36. The summed E-state index contributed by atoms with van der Waals surface area (Å²) in [4.78, 5) is 26.7. The van der Waals surface area contributed by atoms with Gasteiger partial charge in [-0.05, 0) is 37.8 Å². The van der Waals surface area contributed by atoms with Crippen LogP contribution in [0.25, 0.3) is 0 Å². The van der Waals surface area contributed by atoms with Gasteiger partial charge >= 0.3 is 0 Å². The van der Waals surface area contributed by atoms with Crippen molar-refractivity contribution in [3.05, 3.63) is 41.5 Å². The van der Waals surface area contributed by atoms with Crippen LogP contribution in [-0.4, -0.2) is 39.5 Å². The molecule has 1 N–H and O–H groups in total. The van der Waals surface area contributed by atoms with Gasteiger partial charge in [-0.1, -0.05) is 12.1 Å². The van der Waals surface area contributed by atoms with E-state index in [0.29, 0.717) is 24.4 Å². The fourth-order valence-electron chi connectivity index (χ4n) is 3.51. The summed E-state index contributed by atoms with van der Waals surface area (Å²) >= 11 is 0. The lowest BCUT2D eigenvalue weighted by Gasteiger charge is -2.20. The van der Waals surface area contributed by atoms with E-state index < -0.39 is 0 Å². The van der Waals surface area contributed by atoms with E-state index in [0.717, 1.165) is 25.0 Å². The molecular formula is C19H26N4O3. The number of hydrogen-bond acceptors (Lipinski definition) is 4. The Labute approximate surface area is 153 Å². The van der Waals surface area contributed by atoms with Gasteiger partial charge < -0.3 is 19.3 Å². The summed E-state index contributed by atoms with van der Waals surface area (Å²) in [5, 5.41) is 7.01. The normalized spacial score (nSPS) is 19.5. The zero-order valence-electron chi connectivity index (χ0n) is 15.6. The van der Waals surface area contributed by atoms with Crippen molar-refractivity contribution in [2.75, 3.05) is 7.05 Å². The SMILES string of the molecule is CCc1cc(CN(C)C(=O)[C@H]2CC[C@@H](NC(=O)c3cccn3C)C2)on1. The molecule has 3 rings (SSSR count). The van der Waals surface area contributed by atoms with E-state index in [1.807, 2.05) is 32.3 Å². The molecule has 0 unspecified atom stereocenters. The first-order valence-electron chi connectivity index (χ1n) is 9.09. The van der Waals surface area contributed by atoms with Gasteiger partial charge in [-0.3, -0.25) is 9.59 Å². The maximum absolute atomic E-state index is 12.7. The Kier molecular flexibility index (Phi) is 5.44. The smallest absolute Gasteiger partial charge is 0.268 e. The lowest BCUT2D eigenvalue weighted by molar-refractivity contribution is -0.134. The third-order valence-corrected chi connectivity index (χ3v) is 5.03. The van der Waals surface area contributed by atoms with Crippen molar-refractivity contribution >= 4 is 11.8 Å². The zero-order chi connectivity index (χ0) is 18.7. The van der Waals surface area contributed by atoms with Crippen LogP contribution in [-0.2, 0) is 24.8 Å². The molecule has 26 heavy (non-hydrogen) atoms. The highest BCUT2D eigenvalue weighted by Gasteiger charge is 2.33. The van der Waals surface area contributed by atoms with Crippen LogP contribution in [0.3, 0.4) is 0 Å². The number of carbonyl (C=O) groups excluding carboxylic acids is 2. The first-order chi connectivity index (χ1) is 12.5. The van der Waals surface area contributed by atoms with Gasteiger partial charge in [-0.25, -0.2) is 0 Å². The average Bonchev–Trinajstić information content (AvgIpc) is 3.35. The van der Waals surface area contributed by atoms with Crippen LogP contribution in [0, 0.1) is 5.92 Å². The summed E-state index contributed by atoms with van der Waals surface area (Å²) in [6.07, 6.45) is 4.95. The van der Waals surface area contributed by atoms with Crippen LogP contribution in [0.4, 0.5) is 0 Å². The fourth-order valence-corrected chi connectivity index (χ4v) is 3.51. The van der Waals surface area contributed by atoms with Crippen molar-refractivity contribution in [2.24, 2.45) is 13.0 Å². The van der Waals surface area contributed by atoms with Gasteiger partial charge in [0.25, 0.3) is 5.91 Å². The van der Waals surface area contributed by atoms with E-state index in [9.17, 15) is 9.59 Å². The fraction of sp³-hybridized carbons (Fsp3) is 0.526. The quantitative estimate of drug-likeness (QED) is 0.858. The van der Waals surface area contributed by atoms with Crippen molar-refractivity contribution in [2.45, 2.75) is 45.2 Å². The topological polar surface area (TPSA) is 80.4 Å².